The predicted octanol–water partition coefficient (Wildman–Crippen LogP) is 2.89. The fourth-order valence-corrected chi connectivity index (χ4v) is 1.93. The highest BCUT2D eigenvalue weighted by molar-refractivity contribution is 5.92. The molecule has 0 radical (unpaired) electrons. The summed E-state index contributed by atoms with van der Waals surface area (Å²) in [5.74, 6) is -0.541. The van der Waals surface area contributed by atoms with Gasteiger partial charge >= 0.3 is 0 Å². The van der Waals surface area contributed by atoms with E-state index in [4.69, 9.17) is 9.15 Å². The second-order valence-corrected chi connectivity index (χ2v) is 4.59. The number of rotatable bonds is 5. The van der Waals surface area contributed by atoms with Crippen molar-refractivity contribution in [2.75, 3.05) is 11.9 Å². The van der Waals surface area contributed by atoms with Gasteiger partial charge in [0.05, 0.1) is 0 Å². The normalized spacial score (nSPS) is 10.3. The molecular weight excluding hydrogens is 301 g/mol. The Hall–Kier alpha value is -3.22. The summed E-state index contributed by atoms with van der Waals surface area (Å²) in [5, 5.41) is 10.1. The van der Waals surface area contributed by atoms with Crippen molar-refractivity contribution in [3.8, 4) is 17.2 Å². The number of carbonyl (C=O) groups excluding carboxylic acids is 1. The average Bonchev–Trinajstić information content (AvgIpc) is 3.09. The molecule has 0 saturated heterocycles. The van der Waals surface area contributed by atoms with Gasteiger partial charge in [0.2, 0.25) is 12.3 Å². The van der Waals surface area contributed by atoms with E-state index >= 15 is 0 Å². The molecule has 3 aromatic rings. The number of anilines is 1. The molecule has 1 heterocycles. The Morgan fingerprint density at radius 3 is 2.87 bits per heavy atom. The summed E-state index contributed by atoms with van der Waals surface area (Å²) in [7, 11) is 0. The number of carbonyl (C=O) groups is 1. The third-order valence-corrected chi connectivity index (χ3v) is 2.95. The highest BCUT2D eigenvalue weighted by atomic mass is 19.1. The molecule has 1 amide bonds. The Balaban J connectivity index is 1.62. The van der Waals surface area contributed by atoms with Crippen molar-refractivity contribution < 1.29 is 18.3 Å². The molecule has 7 heteroatoms. The number of ether oxygens (including phenoxy) is 1. The van der Waals surface area contributed by atoms with E-state index in [9.17, 15) is 9.18 Å². The van der Waals surface area contributed by atoms with Crippen LogP contribution in [-0.2, 0) is 4.79 Å². The number of amides is 1. The van der Waals surface area contributed by atoms with Gasteiger partial charge in [-0.1, -0.05) is 18.2 Å². The van der Waals surface area contributed by atoms with Crippen molar-refractivity contribution in [2.24, 2.45) is 0 Å². The zero-order valence-electron chi connectivity index (χ0n) is 11.9. The van der Waals surface area contributed by atoms with Crippen LogP contribution in [0.2, 0.25) is 0 Å². The first kappa shape index (κ1) is 14.7. The van der Waals surface area contributed by atoms with Gasteiger partial charge in [-0.05, 0) is 30.3 Å². The zero-order chi connectivity index (χ0) is 16.1. The molecule has 0 fully saturated rings. The highest BCUT2D eigenvalue weighted by Gasteiger charge is 2.08. The lowest BCUT2D eigenvalue weighted by Crippen LogP contribution is -2.20. The molecule has 0 aliphatic rings. The molecule has 0 atom stereocenters. The van der Waals surface area contributed by atoms with Gasteiger partial charge in [0.1, 0.15) is 0 Å². The molecule has 0 spiro atoms. The SMILES string of the molecule is O=C(COc1ccccc1F)Nc1cccc(-c2nnco2)c1. The van der Waals surface area contributed by atoms with Crippen LogP contribution in [0.25, 0.3) is 11.5 Å². The monoisotopic (exact) mass is 313 g/mol. The lowest BCUT2D eigenvalue weighted by molar-refractivity contribution is -0.118. The molecule has 0 bridgehead atoms. The van der Waals surface area contributed by atoms with Crippen molar-refractivity contribution in [1.29, 1.82) is 0 Å². The third-order valence-electron chi connectivity index (χ3n) is 2.95. The third kappa shape index (κ3) is 3.70. The van der Waals surface area contributed by atoms with Crippen molar-refractivity contribution >= 4 is 11.6 Å². The van der Waals surface area contributed by atoms with Crippen LogP contribution >= 0.6 is 0 Å². The van der Waals surface area contributed by atoms with Crippen LogP contribution in [0, 0.1) is 5.82 Å². The number of hydrogen-bond donors (Lipinski definition) is 1. The quantitative estimate of drug-likeness (QED) is 0.783. The van der Waals surface area contributed by atoms with Gasteiger partial charge < -0.3 is 14.5 Å². The van der Waals surface area contributed by atoms with E-state index in [2.05, 4.69) is 15.5 Å². The Labute approximate surface area is 130 Å². The van der Waals surface area contributed by atoms with E-state index in [1.807, 2.05) is 0 Å². The fraction of sp³-hybridized carbons (Fsp3) is 0.0625. The van der Waals surface area contributed by atoms with E-state index in [0.717, 1.165) is 0 Å². The predicted molar refractivity (Wildman–Crippen MR) is 80.3 cm³/mol. The second-order valence-electron chi connectivity index (χ2n) is 4.59. The van der Waals surface area contributed by atoms with Crippen LogP contribution in [0.15, 0.2) is 59.3 Å². The first-order valence-corrected chi connectivity index (χ1v) is 6.76. The van der Waals surface area contributed by atoms with Crippen molar-refractivity contribution in [3.63, 3.8) is 0 Å². The maximum atomic E-state index is 13.4. The number of nitrogens with zero attached hydrogens (tertiary/aromatic N) is 2. The molecule has 0 aliphatic carbocycles. The fourth-order valence-electron chi connectivity index (χ4n) is 1.93. The summed E-state index contributed by atoms with van der Waals surface area (Å²) in [5.41, 5.74) is 1.22. The molecule has 0 aliphatic heterocycles. The van der Waals surface area contributed by atoms with Gasteiger partial charge in [-0.25, -0.2) is 4.39 Å². The van der Waals surface area contributed by atoms with Gasteiger partial charge in [0, 0.05) is 11.3 Å². The van der Waals surface area contributed by atoms with Crippen LogP contribution in [0.3, 0.4) is 0 Å². The largest absolute Gasteiger partial charge is 0.481 e. The summed E-state index contributed by atoms with van der Waals surface area (Å²) < 4.78 is 23.6. The lowest BCUT2D eigenvalue weighted by Gasteiger charge is -2.08. The molecule has 23 heavy (non-hydrogen) atoms. The average molecular weight is 313 g/mol. The van der Waals surface area contributed by atoms with Crippen LogP contribution in [0.4, 0.5) is 10.1 Å². The molecule has 3 rings (SSSR count). The maximum absolute atomic E-state index is 13.4. The molecule has 2 aromatic carbocycles. The molecule has 6 nitrogen and oxygen atoms in total. The number of hydrogen-bond acceptors (Lipinski definition) is 5. The summed E-state index contributed by atoms with van der Waals surface area (Å²) in [6.07, 6.45) is 1.23. The van der Waals surface area contributed by atoms with Gasteiger partial charge in [-0.3, -0.25) is 4.79 Å². The smallest absolute Gasteiger partial charge is 0.262 e. The van der Waals surface area contributed by atoms with E-state index < -0.39 is 11.7 Å². The molecule has 1 N–H and O–H groups in total. The van der Waals surface area contributed by atoms with E-state index in [0.29, 0.717) is 17.1 Å². The molecule has 1 aromatic heterocycles. The summed E-state index contributed by atoms with van der Waals surface area (Å²) in [4.78, 5) is 11.9. The minimum absolute atomic E-state index is 0.0299. The van der Waals surface area contributed by atoms with Crippen LogP contribution < -0.4 is 10.1 Å². The molecule has 0 saturated carbocycles. The van der Waals surface area contributed by atoms with Gasteiger partial charge in [0.15, 0.2) is 18.2 Å². The molecular formula is C16H12FN3O3. The van der Waals surface area contributed by atoms with Gasteiger partial charge in [0.25, 0.3) is 5.91 Å². The highest BCUT2D eigenvalue weighted by Crippen LogP contribution is 2.20. The Morgan fingerprint density at radius 2 is 2.09 bits per heavy atom. The molecule has 116 valence electrons. The van der Waals surface area contributed by atoms with Crippen LogP contribution in [-0.4, -0.2) is 22.7 Å². The number of halogens is 1. The number of benzene rings is 2. The van der Waals surface area contributed by atoms with E-state index in [-0.39, 0.29) is 12.4 Å². The number of nitrogens with one attached hydrogen (secondary N) is 1. The topological polar surface area (TPSA) is 77.2 Å². The minimum atomic E-state index is -0.515. The first-order chi connectivity index (χ1) is 11.2. The van der Waals surface area contributed by atoms with Gasteiger partial charge in [-0.15, -0.1) is 10.2 Å². The van der Waals surface area contributed by atoms with Crippen molar-refractivity contribution in [2.45, 2.75) is 0 Å². The summed E-state index contributed by atoms with van der Waals surface area (Å²) in [6, 6.07) is 12.8. The Morgan fingerprint density at radius 1 is 1.22 bits per heavy atom. The van der Waals surface area contributed by atoms with E-state index in [1.54, 1.807) is 36.4 Å². The number of aromatic nitrogens is 2. The van der Waals surface area contributed by atoms with Crippen LogP contribution in [0.5, 0.6) is 5.75 Å². The van der Waals surface area contributed by atoms with Crippen molar-refractivity contribution in [3.05, 3.63) is 60.7 Å². The molecule has 0 unspecified atom stereocenters. The van der Waals surface area contributed by atoms with Gasteiger partial charge in [-0.2, -0.15) is 0 Å². The minimum Gasteiger partial charge on any atom is -0.481 e. The first-order valence-electron chi connectivity index (χ1n) is 6.76. The zero-order valence-corrected chi connectivity index (χ0v) is 11.9. The second kappa shape index (κ2) is 6.69. The maximum Gasteiger partial charge on any atom is 0.262 e. The standard InChI is InChI=1S/C16H12FN3O3/c17-13-6-1-2-7-14(13)22-9-15(21)19-12-5-3-4-11(8-12)16-20-18-10-23-16/h1-8,10H,9H2,(H,19,21). The Bertz CT molecular complexity index is 806. The van der Waals surface area contributed by atoms with Crippen LogP contribution in [0.1, 0.15) is 0 Å². The summed E-state index contributed by atoms with van der Waals surface area (Å²) >= 11 is 0. The van der Waals surface area contributed by atoms with Crippen molar-refractivity contribution in [1.82, 2.24) is 10.2 Å². The lowest BCUT2D eigenvalue weighted by atomic mass is 10.2. The Kier molecular flexibility index (Phi) is 4.28. The van der Waals surface area contributed by atoms with E-state index in [1.165, 1.54) is 18.5 Å². The summed E-state index contributed by atoms with van der Waals surface area (Å²) in [6.45, 7) is -0.300. The number of para-hydroxylation sites is 1.